The molecule has 0 radical (unpaired) electrons. The van der Waals surface area contributed by atoms with Crippen molar-refractivity contribution >= 4 is 35.2 Å². The minimum Gasteiger partial charge on any atom is -0.508 e. The monoisotopic (exact) mass is 574 g/mol. The van der Waals surface area contributed by atoms with E-state index >= 15 is 0 Å². The molecule has 2 atom stereocenters. The van der Waals surface area contributed by atoms with Crippen molar-refractivity contribution in [3.63, 3.8) is 0 Å². The number of hydrogen-bond donors (Lipinski definition) is 3. The summed E-state index contributed by atoms with van der Waals surface area (Å²) in [5.41, 5.74) is 2.45. The van der Waals surface area contributed by atoms with Crippen LogP contribution in [-0.4, -0.2) is 46.9 Å². The maximum Gasteiger partial charge on any atom is 0.326 e. The largest absolute Gasteiger partial charge is 0.508 e. The fraction of sp³-hybridized carbons (Fsp3) is 0.344. The van der Waals surface area contributed by atoms with Gasteiger partial charge in [0.15, 0.2) is 0 Å². The first-order valence-electron chi connectivity index (χ1n) is 13.8. The fourth-order valence-corrected chi connectivity index (χ4v) is 7.00. The molecule has 2 fully saturated rings. The molecule has 214 valence electrons. The van der Waals surface area contributed by atoms with Gasteiger partial charge in [0.1, 0.15) is 22.9 Å². The molecule has 0 bridgehead atoms. The van der Waals surface area contributed by atoms with Crippen LogP contribution in [-0.2, 0) is 26.2 Å². The summed E-state index contributed by atoms with van der Waals surface area (Å²) in [7, 11) is 1.60. The van der Waals surface area contributed by atoms with Crippen molar-refractivity contribution in [1.29, 1.82) is 0 Å². The number of benzene rings is 3. The van der Waals surface area contributed by atoms with E-state index in [0.29, 0.717) is 30.0 Å². The van der Waals surface area contributed by atoms with Gasteiger partial charge in [-0.2, -0.15) is 0 Å². The van der Waals surface area contributed by atoms with Gasteiger partial charge < -0.3 is 20.3 Å². The number of ether oxygens (including phenoxy) is 1. The highest BCUT2D eigenvalue weighted by Crippen LogP contribution is 2.42. The van der Waals surface area contributed by atoms with Crippen LogP contribution in [0.4, 0.5) is 5.69 Å². The maximum absolute atomic E-state index is 13.8. The van der Waals surface area contributed by atoms with Crippen LogP contribution in [0.5, 0.6) is 11.5 Å². The van der Waals surface area contributed by atoms with Crippen molar-refractivity contribution in [3.8, 4) is 11.5 Å². The van der Waals surface area contributed by atoms with E-state index < -0.39 is 17.4 Å². The Morgan fingerprint density at radius 3 is 2.27 bits per heavy atom. The molecule has 3 aromatic rings. The number of methoxy groups -OCH3 is 1. The van der Waals surface area contributed by atoms with Crippen molar-refractivity contribution < 1.29 is 29.3 Å². The normalized spacial score (nSPS) is 19.0. The van der Waals surface area contributed by atoms with Crippen molar-refractivity contribution in [2.75, 3.05) is 17.8 Å². The predicted molar refractivity (Wildman–Crippen MR) is 158 cm³/mol. The number of carboxylic acid groups (broad SMARTS) is 1. The number of carbonyl (C=O) groups is 3. The predicted octanol–water partition coefficient (Wildman–Crippen LogP) is 5.19. The summed E-state index contributed by atoms with van der Waals surface area (Å²) < 4.78 is 5.28. The lowest BCUT2D eigenvalue weighted by atomic mass is 9.68. The molecule has 41 heavy (non-hydrogen) atoms. The quantitative estimate of drug-likeness (QED) is 0.322. The number of nitrogens with one attached hydrogen (secondary N) is 1. The van der Waals surface area contributed by atoms with E-state index in [2.05, 4.69) is 5.32 Å². The first-order valence-corrected chi connectivity index (χ1v) is 14.9. The van der Waals surface area contributed by atoms with Crippen LogP contribution in [0.15, 0.2) is 72.8 Å². The van der Waals surface area contributed by atoms with Crippen LogP contribution >= 0.6 is 11.8 Å². The Hall–Kier alpha value is -3.98. The molecule has 1 heterocycles. The number of aromatic hydroxyl groups is 1. The van der Waals surface area contributed by atoms with Gasteiger partial charge in [-0.3, -0.25) is 14.5 Å². The summed E-state index contributed by atoms with van der Waals surface area (Å²) in [5, 5.41) is 22.3. The molecule has 1 aliphatic heterocycles. The second-order valence-electron chi connectivity index (χ2n) is 10.6. The highest BCUT2D eigenvalue weighted by atomic mass is 32.2. The summed E-state index contributed by atoms with van der Waals surface area (Å²) in [6.45, 7) is 0. The Kier molecular flexibility index (Phi) is 8.54. The zero-order valence-corrected chi connectivity index (χ0v) is 23.7. The fourth-order valence-electron chi connectivity index (χ4n) is 5.83. The average molecular weight is 575 g/mol. The smallest absolute Gasteiger partial charge is 0.326 e. The number of carboxylic acids is 1. The van der Waals surface area contributed by atoms with Crippen molar-refractivity contribution in [3.05, 3.63) is 89.5 Å². The van der Waals surface area contributed by atoms with Gasteiger partial charge in [-0.05, 0) is 65.9 Å². The summed E-state index contributed by atoms with van der Waals surface area (Å²) in [6, 6.07) is 20.4. The Morgan fingerprint density at radius 2 is 1.66 bits per heavy atom. The summed E-state index contributed by atoms with van der Waals surface area (Å²) in [4.78, 5) is 40.5. The molecule has 1 saturated carbocycles. The highest BCUT2D eigenvalue weighted by molar-refractivity contribution is 8.00. The molecule has 0 aromatic heterocycles. The minimum absolute atomic E-state index is 0.0205. The number of aliphatic carboxylic acids is 1. The number of amides is 2. The SMILES string of the molecule is COc1ccc(C2(C(=O)N[C@@H](Cc3ccc(N4C(=O)CSC4c4ccc(O)cc4)cc3)C(=O)O)CCCCC2)cc1. The molecule has 1 saturated heterocycles. The van der Waals surface area contributed by atoms with Crippen LogP contribution in [0, 0.1) is 0 Å². The van der Waals surface area contributed by atoms with Gasteiger partial charge in [-0.15, -0.1) is 11.8 Å². The van der Waals surface area contributed by atoms with E-state index in [1.807, 2.05) is 36.4 Å². The van der Waals surface area contributed by atoms with Crippen LogP contribution in [0.1, 0.15) is 54.2 Å². The molecule has 0 spiro atoms. The van der Waals surface area contributed by atoms with E-state index in [1.54, 1.807) is 48.4 Å². The van der Waals surface area contributed by atoms with Gasteiger partial charge in [0, 0.05) is 12.1 Å². The van der Waals surface area contributed by atoms with E-state index in [1.165, 1.54) is 11.8 Å². The summed E-state index contributed by atoms with van der Waals surface area (Å²) >= 11 is 1.51. The Balaban J connectivity index is 1.32. The lowest BCUT2D eigenvalue weighted by molar-refractivity contribution is -0.143. The molecule has 8 nitrogen and oxygen atoms in total. The van der Waals surface area contributed by atoms with Gasteiger partial charge in [0.05, 0.1) is 18.3 Å². The first kappa shape index (κ1) is 28.5. The molecule has 1 unspecified atom stereocenters. The van der Waals surface area contributed by atoms with Gasteiger partial charge in [-0.1, -0.05) is 55.7 Å². The number of phenols is 1. The number of carbonyl (C=O) groups excluding carboxylic acids is 2. The van der Waals surface area contributed by atoms with Crippen LogP contribution in [0.25, 0.3) is 0 Å². The molecule has 1 aliphatic carbocycles. The maximum atomic E-state index is 13.8. The molecular formula is C32H34N2O6S. The standard InChI is InChI=1S/C32H34N2O6S/c1-40-26-15-9-23(10-16-26)32(17-3-2-4-18-32)31(39)33-27(30(37)38)19-21-5-11-24(12-6-21)34-28(36)20-41-29(34)22-7-13-25(35)14-8-22/h5-16,27,29,35H,2-4,17-20H2,1H3,(H,33,39)(H,37,38)/t27-,29?/m0/s1. The third-order valence-electron chi connectivity index (χ3n) is 8.09. The highest BCUT2D eigenvalue weighted by Gasteiger charge is 2.42. The van der Waals surface area contributed by atoms with Gasteiger partial charge >= 0.3 is 5.97 Å². The van der Waals surface area contributed by atoms with Gasteiger partial charge in [0.25, 0.3) is 0 Å². The third-order valence-corrected chi connectivity index (χ3v) is 9.30. The zero-order valence-electron chi connectivity index (χ0n) is 22.9. The molecule has 3 aromatic carbocycles. The van der Waals surface area contributed by atoms with Gasteiger partial charge in [0.2, 0.25) is 11.8 Å². The van der Waals surface area contributed by atoms with Crippen LogP contribution in [0.3, 0.4) is 0 Å². The summed E-state index contributed by atoms with van der Waals surface area (Å²) in [5.74, 6) is -0.165. The van der Waals surface area contributed by atoms with Gasteiger partial charge in [-0.25, -0.2) is 4.79 Å². The number of hydrogen-bond acceptors (Lipinski definition) is 6. The topological polar surface area (TPSA) is 116 Å². The lowest BCUT2D eigenvalue weighted by Gasteiger charge is -2.37. The van der Waals surface area contributed by atoms with Crippen molar-refractivity contribution in [1.82, 2.24) is 5.32 Å². The molecule has 2 amide bonds. The second kappa shape index (κ2) is 12.3. The molecule has 2 aliphatic rings. The Morgan fingerprint density at radius 1 is 1.00 bits per heavy atom. The van der Waals surface area contributed by atoms with E-state index in [4.69, 9.17) is 4.74 Å². The number of phenolic OH excluding ortho intramolecular Hbond substituents is 1. The summed E-state index contributed by atoms with van der Waals surface area (Å²) in [6.07, 6.45) is 4.29. The lowest BCUT2D eigenvalue weighted by Crippen LogP contribution is -2.52. The average Bonchev–Trinajstić information content (AvgIpc) is 3.38. The Bertz CT molecular complexity index is 1390. The Labute approximate surface area is 243 Å². The minimum atomic E-state index is -1.10. The molecule has 3 N–H and O–H groups in total. The second-order valence-corrected chi connectivity index (χ2v) is 11.7. The molecule has 9 heteroatoms. The van der Waals surface area contributed by atoms with Crippen LogP contribution in [0.2, 0.25) is 0 Å². The number of nitrogens with zero attached hydrogens (tertiary/aromatic N) is 1. The third kappa shape index (κ3) is 6.05. The molecular weight excluding hydrogens is 540 g/mol. The van der Waals surface area contributed by atoms with E-state index in [-0.39, 0.29) is 29.4 Å². The molecule has 5 rings (SSSR count). The van der Waals surface area contributed by atoms with E-state index in [0.717, 1.165) is 36.0 Å². The zero-order chi connectivity index (χ0) is 29.0. The number of rotatable bonds is 9. The van der Waals surface area contributed by atoms with Crippen LogP contribution < -0.4 is 15.0 Å². The van der Waals surface area contributed by atoms with Crippen molar-refractivity contribution in [2.45, 2.75) is 55.4 Å². The first-order chi connectivity index (χ1) is 19.8. The van der Waals surface area contributed by atoms with Crippen molar-refractivity contribution in [2.24, 2.45) is 0 Å². The van der Waals surface area contributed by atoms with E-state index in [9.17, 15) is 24.6 Å². The number of anilines is 1. The number of thioether (sulfide) groups is 1.